The Balaban J connectivity index is 1.69. The Kier molecular flexibility index (Phi) is 3.08. The van der Waals surface area contributed by atoms with Crippen LogP contribution in [-0.4, -0.2) is 5.97 Å². The molecule has 0 spiro atoms. The van der Waals surface area contributed by atoms with Crippen molar-refractivity contribution in [2.45, 2.75) is 19.3 Å². The van der Waals surface area contributed by atoms with Gasteiger partial charge in [0.2, 0.25) is 0 Å². The van der Waals surface area contributed by atoms with Crippen LogP contribution in [-0.2, 0) is 11.2 Å². The van der Waals surface area contributed by atoms with Crippen molar-refractivity contribution in [1.82, 2.24) is 0 Å². The van der Waals surface area contributed by atoms with Gasteiger partial charge in [0, 0.05) is 0 Å². The van der Waals surface area contributed by atoms with E-state index in [2.05, 4.69) is 12.1 Å². The summed E-state index contributed by atoms with van der Waals surface area (Å²) in [6.45, 7) is 0. The summed E-state index contributed by atoms with van der Waals surface area (Å²) in [5.41, 5.74) is 0.905. The number of carbonyl (C=O) groups is 1. The number of benzene rings is 2. The minimum absolute atomic E-state index is 0.0949. The lowest BCUT2D eigenvalue weighted by Gasteiger charge is -2.14. The molecule has 0 radical (unpaired) electrons. The van der Waals surface area contributed by atoms with Crippen molar-refractivity contribution in [1.29, 1.82) is 0 Å². The molecule has 2 nitrogen and oxygen atoms in total. The van der Waals surface area contributed by atoms with Gasteiger partial charge < -0.3 is 4.74 Å². The average Bonchev–Trinajstić information content (AvgIpc) is 3.22. The molecule has 0 aliphatic heterocycles. The Morgan fingerprint density at radius 2 is 1.53 bits per heavy atom. The SMILES string of the molecule is O=C(Oc1ccccc1)C1(Cc2ccccc2)CC1. The summed E-state index contributed by atoms with van der Waals surface area (Å²) in [7, 11) is 0. The van der Waals surface area contributed by atoms with E-state index >= 15 is 0 Å². The van der Waals surface area contributed by atoms with Crippen molar-refractivity contribution in [2.75, 3.05) is 0 Å². The largest absolute Gasteiger partial charge is 0.426 e. The van der Waals surface area contributed by atoms with Crippen LogP contribution in [0.3, 0.4) is 0 Å². The van der Waals surface area contributed by atoms with Crippen molar-refractivity contribution in [2.24, 2.45) is 5.41 Å². The van der Waals surface area contributed by atoms with Crippen LogP contribution < -0.4 is 4.74 Å². The molecule has 96 valence electrons. The third-order valence-electron chi connectivity index (χ3n) is 3.63. The van der Waals surface area contributed by atoms with Crippen molar-refractivity contribution in [3.05, 3.63) is 66.2 Å². The van der Waals surface area contributed by atoms with E-state index in [4.69, 9.17) is 4.74 Å². The molecule has 0 bridgehead atoms. The summed E-state index contributed by atoms with van der Waals surface area (Å²) in [5, 5.41) is 0. The van der Waals surface area contributed by atoms with Gasteiger partial charge >= 0.3 is 5.97 Å². The molecule has 1 saturated carbocycles. The Morgan fingerprint density at radius 3 is 2.11 bits per heavy atom. The Bertz CT molecular complexity index is 556. The molecular weight excluding hydrogens is 236 g/mol. The lowest BCUT2D eigenvalue weighted by atomic mass is 9.97. The second-order valence-electron chi connectivity index (χ2n) is 5.15. The van der Waals surface area contributed by atoms with Gasteiger partial charge in [0.1, 0.15) is 5.75 Å². The van der Waals surface area contributed by atoms with Crippen LogP contribution in [0.4, 0.5) is 0 Å². The molecule has 2 aromatic carbocycles. The summed E-state index contributed by atoms with van der Waals surface area (Å²) in [6.07, 6.45) is 2.63. The highest BCUT2D eigenvalue weighted by Crippen LogP contribution is 2.49. The molecule has 1 aliphatic rings. The molecule has 0 aromatic heterocycles. The first kappa shape index (κ1) is 12.0. The smallest absolute Gasteiger partial charge is 0.317 e. The van der Waals surface area contributed by atoms with Crippen LogP contribution in [0.2, 0.25) is 0 Å². The summed E-state index contributed by atoms with van der Waals surface area (Å²) in [4.78, 5) is 12.3. The maximum absolute atomic E-state index is 12.3. The Labute approximate surface area is 113 Å². The first-order chi connectivity index (χ1) is 9.28. The molecule has 0 saturated heterocycles. The highest BCUT2D eigenvalue weighted by molar-refractivity contribution is 5.82. The lowest BCUT2D eigenvalue weighted by molar-refractivity contribution is -0.140. The van der Waals surface area contributed by atoms with Crippen molar-refractivity contribution < 1.29 is 9.53 Å². The highest BCUT2D eigenvalue weighted by atomic mass is 16.5. The van der Waals surface area contributed by atoms with Gasteiger partial charge in [-0.2, -0.15) is 0 Å². The quantitative estimate of drug-likeness (QED) is 0.613. The molecule has 0 unspecified atom stereocenters. The van der Waals surface area contributed by atoms with Gasteiger partial charge in [-0.3, -0.25) is 4.79 Å². The first-order valence-corrected chi connectivity index (χ1v) is 6.60. The van der Waals surface area contributed by atoms with Gasteiger partial charge in [-0.25, -0.2) is 0 Å². The van der Waals surface area contributed by atoms with E-state index in [1.807, 2.05) is 48.5 Å². The van der Waals surface area contributed by atoms with Gasteiger partial charge in [0.15, 0.2) is 0 Å². The van der Waals surface area contributed by atoms with Gasteiger partial charge in [0.25, 0.3) is 0 Å². The predicted octanol–water partition coefficient (Wildman–Crippen LogP) is 3.61. The molecular formula is C17H16O2. The van der Waals surface area contributed by atoms with Crippen molar-refractivity contribution in [3.63, 3.8) is 0 Å². The van der Waals surface area contributed by atoms with Crippen LogP contribution in [0.15, 0.2) is 60.7 Å². The minimum atomic E-state index is -0.294. The topological polar surface area (TPSA) is 26.3 Å². The molecule has 1 fully saturated rings. The standard InChI is InChI=1S/C17H16O2/c18-16(19-15-9-5-2-6-10-15)17(11-12-17)13-14-7-3-1-4-8-14/h1-10H,11-13H2. The summed E-state index contributed by atoms with van der Waals surface area (Å²) in [5.74, 6) is 0.536. The van der Waals surface area contributed by atoms with Crippen LogP contribution >= 0.6 is 0 Å². The van der Waals surface area contributed by atoms with Gasteiger partial charge in [-0.05, 0) is 37.0 Å². The first-order valence-electron chi connectivity index (χ1n) is 6.60. The fourth-order valence-corrected chi connectivity index (χ4v) is 2.29. The summed E-state index contributed by atoms with van der Waals surface area (Å²) >= 11 is 0. The third-order valence-corrected chi connectivity index (χ3v) is 3.63. The molecule has 0 atom stereocenters. The lowest BCUT2D eigenvalue weighted by Crippen LogP contribution is -2.24. The van der Waals surface area contributed by atoms with E-state index in [0.717, 1.165) is 19.3 Å². The Hall–Kier alpha value is -2.09. The second-order valence-corrected chi connectivity index (χ2v) is 5.15. The van der Waals surface area contributed by atoms with E-state index in [0.29, 0.717) is 5.75 Å². The normalized spacial score (nSPS) is 15.8. The third kappa shape index (κ3) is 2.68. The monoisotopic (exact) mass is 252 g/mol. The average molecular weight is 252 g/mol. The maximum Gasteiger partial charge on any atom is 0.317 e. The van der Waals surface area contributed by atoms with Crippen LogP contribution in [0, 0.1) is 5.41 Å². The summed E-state index contributed by atoms with van der Waals surface area (Å²) < 4.78 is 5.47. The van der Waals surface area contributed by atoms with Crippen LogP contribution in [0.5, 0.6) is 5.75 Å². The molecule has 1 aliphatic carbocycles. The molecule has 2 heteroatoms. The molecule has 0 heterocycles. The fraction of sp³-hybridized carbons (Fsp3) is 0.235. The van der Waals surface area contributed by atoms with E-state index in [-0.39, 0.29) is 11.4 Å². The van der Waals surface area contributed by atoms with Crippen LogP contribution in [0.25, 0.3) is 0 Å². The molecule has 0 N–H and O–H groups in total. The number of hydrogen-bond donors (Lipinski definition) is 0. The minimum Gasteiger partial charge on any atom is -0.426 e. The number of ether oxygens (including phenoxy) is 1. The predicted molar refractivity (Wildman–Crippen MR) is 73.9 cm³/mol. The van der Waals surface area contributed by atoms with E-state index in [9.17, 15) is 4.79 Å². The summed E-state index contributed by atoms with van der Waals surface area (Å²) in [6, 6.07) is 19.4. The van der Waals surface area contributed by atoms with Crippen molar-refractivity contribution in [3.8, 4) is 5.75 Å². The number of hydrogen-bond acceptors (Lipinski definition) is 2. The number of esters is 1. The maximum atomic E-state index is 12.3. The zero-order chi connectivity index (χ0) is 13.1. The Morgan fingerprint density at radius 1 is 0.947 bits per heavy atom. The fourth-order valence-electron chi connectivity index (χ4n) is 2.29. The second kappa shape index (κ2) is 4.88. The van der Waals surface area contributed by atoms with E-state index in [1.54, 1.807) is 0 Å². The van der Waals surface area contributed by atoms with Gasteiger partial charge in [-0.15, -0.1) is 0 Å². The number of rotatable bonds is 4. The molecule has 2 aromatic rings. The molecule has 19 heavy (non-hydrogen) atoms. The van der Waals surface area contributed by atoms with Crippen LogP contribution in [0.1, 0.15) is 18.4 Å². The molecule has 3 rings (SSSR count). The van der Waals surface area contributed by atoms with E-state index in [1.165, 1.54) is 5.56 Å². The van der Waals surface area contributed by atoms with Crippen molar-refractivity contribution >= 4 is 5.97 Å². The van der Waals surface area contributed by atoms with Gasteiger partial charge in [-0.1, -0.05) is 48.5 Å². The highest BCUT2D eigenvalue weighted by Gasteiger charge is 2.51. The number of carbonyl (C=O) groups excluding carboxylic acids is 1. The zero-order valence-electron chi connectivity index (χ0n) is 10.7. The number of para-hydroxylation sites is 1. The van der Waals surface area contributed by atoms with E-state index < -0.39 is 0 Å². The zero-order valence-corrected chi connectivity index (χ0v) is 10.7. The molecule has 0 amide bonds. The van der Waals surface area contributed by atoms with Gasteiger partial charge in [0.05, 0.1) is 5.41 Å².